The van der Waals surface area contributed by atoms with Gasteiger partial charge in [-0.2, -0.15) is 0 Å². The SMILES string of the molecule is NNC1=NCC(c2ccccc2)=Nc2cc(Cl)ccc21. The van der Waals surface area contributed by atoms with E-state index >= 15 is 0 Å². The van der Waals surface area contributed by atoms with Crippen LogP contribution >= 0.6 is 11.6 Å². The van der Waals surface area contributed by atoms with Crippen LogP contribution in [0, 0.1) is 0 Å². The fraction of sp³-hybridized carbons (Fsp3) is 0.0667. The van der Waals surface area contributed by atoms with Gasteiger partial charge in [-0.05, 0) is 23.8 Å². The average Bonchev–Trinajstić information content (AvgIpc) is 2.66. The predicted molar refractivity (Wildman–Crippen MR) is 82.8 cm³/mol. The summed E-state index contributed by atoms with van der Waals surface area (Å²) >= 11 is 6.05. The van der Waals surface area contributed by atoms with Crippen LogP contribution in [0.2, 0.25) is 5.02 Å². The molecule has 100 valence electrons. The molecule has 2 aromatic carbocycles. The molecule has 20 heavy (non-hydrogen) atoms. The first kappa shape index (κ1) is 12.8. The van der Waals surface area contributed by atoms with E-state index in [1.54, 1.807) is 6.07 Å². The zero-order valence-corrected chi connectivity index (χ0v) is 11.4. The van der Waals surface area contributed by atoms with Crippen molar-refractivity contribution in [3.8, 4) is 0 Å². The fourth-order valence-corrected chi connectivity index (χ4v) is 2.29. The van der Waals surface area contributed by atoms with E-state index < -0.39 is 0 Å². The summed E-state index contributed by atoms with van der Waals surface area (Å²) in [5.74, 6) is 6.16. The molecule has 5 heteroatoms. The standard InChI is InChI=1S/C15H13ClN4/c16-11-6-7-12-13(8-11)19-14(9-18-15(12)20-17)10-4-2-1-3-5-10/h1-8H,9,17H2,(H,18,20). The maximum atomic E-state index is 6.05. The third-order valence-corrected chi connectivity index (χ3v) is 3.34. The van der Waals surface area contributed by atoms with Crippen LogP contribution < -0.4 is 11.3 Å². The van der Waals surface area contributed by atoms with Gasteiger partial charge in [-0.3, -0.25) is 9.98 Å². The summed E-state index contributed by atoms with van der Waals surface area (Å²) < 4.78 is 0. The van der Waals surface area contributed by atoms with Crippen LogP contribution in [0.5, 0.6) is 0 Å². The quantitative estimate of drug-likeness (QED) is 0.625. The maximum Gasteiger partial charge on any atom is 0.145 e. The Balaban J connectivity index is 2.15. The molecule has 2 aromatic rings. The first-order valence-electron chi connectivity index (χ1n) is 6.22. The summed E-state index contributed by atoms with van der Waals surface area (Å²) in [7, 11) is 0. The van der Waals surface area contributed by atoms with Crippen LogP contribution in [0.15, 0.2) is 58.5 Å². The first-order chi connectivity index (χ1) is 9.78. The van der Waals surface area contributed by atoms with Gasteiger partial charge in [-0.15, -0.1) is 0 Å². The zero-order chi connectivity index (χ0) is 13.9. The zero-order valence-electron chi connectivity index (χ0n) is 10.7. The minimum atomic E-state index is 0.468. The highest BCUT2D eigenvalue weighted by Gasteiger charge is 2.14. The van der Waals surface area contributed by atoms with E-state index in [1.807, 2.05) is 42.5 Å². The van der Waals surface area contributed by atoms with Gasteiger partial charge in [0, 0.05) is 10.6 Å². The van der Waals surface area contributed by atoms with Gasteiger partial charge in [0.1, 0.15) is 5.84 Å². The van der Waals surface area contributed by atoms with Crippen LogP contribution in [0.3, 0.4) is 0 Å². The second kappa shape index (κ2) is 5.45. The smallest absolute Gasteiger partial charge is 0.145 e. The highest BCUT2D eigenvalue weighted by molar-refractivity contribution is 6.31. The Morgan fingerprint density at radius 3 is 2.65 bits per heavy atom. The number of hydrazine groups is 1. The number of nitrogens with two attached hydrogens (primary N) is 1. The molecule has 0 aliphatic carbocycles. The van der Waals surface area contributed by atoms with Crippen molar-refractivity contribution in [2.45, 2.75) is 0 Å². The molecule has 3 N–H and O–H groups in total. The number of nitrogens with one attached hydrogen (secondary N) is 1. The van der Waals surface area contributed by atoms with E-state index in [0.29, 0.717) is 17.4 Å². The average molecular weight is 285 g/mol. The Kier molecular flexibility index (Phi) is 3.50. The lowest BCUT2D eigenvalue weighted by Gasteiger charge is -2.06. The van der Waals surface area contributed by atoms with E-state index in [2.05, 4.69) is 10.4 Å². The Morgan fingerprint density at radius 2 is 1.90 bits per heavy atom. The normalized spacial score (nSPS) is 13.9. The highest BCUT2D eigenvalue weighted by atomic mass is 35.5. The second-order valence-electron chi connectivity index (χ2n) is 4.40. The number of halogens is 1. The summed E-state index contributed by atoms with van der Waals surface area (Å²) in [5.41, 5.74) is 6.17. The number of amidine groups is 1. The van der Waals surface area contributed by atoms with Crippen molar-refractivity contribution in [2.24, 2.45) is 15.8 Å². The molecule has 0 atom stereocenters. The minimum absolute atomic E-state index is 0.468. The number of aliphatic imine (C=N–C) groups is 2. The van der Waals surface area contributed by atoms with Gasteiger partial charge in [-0.1, -0.05) is 41.9 Å². The summed E-state index contributed by atoms with van der Waals surface area (Å²) in [6, 6.07) is 15.4. The molecule has 0 unspecified atom stereocenters. The molecule has 1 aliphatic heterocycles. The van der Waals surface area contributed by atoms with Crippen LogP contribution in [-0.4, -0.2) is 18.1 Å². The van der Waals surface area contributed by atoms with E-state index in [1.165, 1.54) is 0 Å². The third-order valence-electron chi connectivity index (χ3n) is 3.10. The summed E-state index contributed by atoms with van der Waals surface area (Å²) in [6.07, 6.45) is 0. The molecule has 1 aliphatic rings. The minimum Gasteiger partial charge on any atom is -0.308 e. The molecule has 0 radical (unpaired) electrons. The molecule has 0 amide bonds. The Hall–Kier alpha value is -2.17. The molecule has 0 aromatic heterocycles. The molecule has 4 nitrogen and oxygen atoms in total. The number of fused-ring (bicyclic) bond motifs is 1. The lowest BCUT2D eigenvalue weighted by atomic mass is 10.1. The van der Waals surface area contributed by atoms with Crippen LogP contribution in [-0.2, 0) is 0 Å². The van der Waals surface area contributed by atoms with Crippen LogP contribution in [0.4, 0.5) is 5.69 Å². The molecule has 0 spiro atoms. The van der Waals surface area contributed by atoms with Crippen molar-refractivity contribution >= 4 is 28.8 Å². The first-order valence-corrected chi connectivity index (χ1v) is 6.59. The van der Waals surface area contributed by atoms with Crippen molar-refractivity contribution in [1.29, 1.82) is 0 Å². The molecule has 1 heterocycles. The molecule has 3 rings (SSSR count). The van der Waals surface area contributed by atoms with Gasteiger partial charge < -0.3 is 5.43 Å². The lowest BCUT2D eigenvalue weighted by molar-refractivity contribution is 1.01. The number of rotatable bonds is 1. The summed E-state index contributed by atoms with van der Waals surface area (Å²) in [5, 5.41) is 0.637. The number of hydrogen-bond donors (Lipinski definition) is 2. The molecular weight excluding hydrogens is 272 g/mol. The largest absolute Gasteiger partial charge is 0.308 e. The van der Waals surface area contributed by atoms with Crippen molar-refractivity contribution in [1.82, 2.24) is 5.43 Å². The maximum absolute atomic E-state index is 6.05. The van der Waals surface area contributed by atoms with E-state index in [-0.39, 0.29) is 0 Å². The predicted octanol–water partition coefficient (Wildman–Crippen LogP) is 2.68. The molecule has 0 saturated heterocycles. The van der Waals surface area contributed by atoms with Gasteiger partial charge in [0.15, 0.2) is 0 Å². The van der Waals surface area contributed by atoms with Gasteiger partial charge in [0.25, 0.3) is 0 Å². The number of benzene rings is 2. The number of hydrogen-bond acceptors (Lipinski definition) is 4. The Morgan fingerprint density at radius 1 is 1.10 bits per heavy atom. The summed E-state index contributed by atoms with van der Waals surface area (Å²) in [4.78, 5) is 9.17. The fourth-order valence-electron chi connectivity index (χ4n) is 2.13. The Bertz CT molecular complexity index is 692. The van der Waals surface area contributed by atoms with Gasteiger partial charge in [0.05, 0.1) is 17.9 Å². The molecule has 0 saturated carbocycles. The summed E-state index contributed by atoms with van der Waals surface area (Å²) in [6.45, 7) is 0.468. The van der Waals surface area contributed by atoms with Crippen molar-refractivity contribution in [3.63, 3.8) is 0 Å². The molecular formula is C15H13ClN4. The molecule has 0 fully saturated rings. The van der Waals surface area contributed by atoms with Crippen molar-refractivity contribution < 1.29 is 0 Å². The second-order valence-corrected chi connectivity index (χ2v) is 4.83. The highest BCUT2D eigenvalue weighted by Crippen LogP contribution is 2.26. The van der Waals surface area contributed by atoms with E-state index in [4.69, 9.17) is 22.4 Å². The van der Waals surface area contributed by atoms with Crippen LogP contribution in [0.25, 0.3) is 0 Å². The monoisotopic (exact) mass is 284 g/mol. The molecule has 0 bridgehead atoms. The van der Waals surface area contributed by atoms with Crippen molar-refractivity contribution in [2.75, 3.05) is 6.54 Å². The lowest BCUT2D eigenvalue weighted by Crippen LogP contribution is -2.31. The number of nitrogens with zero attached hydrogens (tertiary/aromatic N) is 2. The van der Waals surface area contributed by atoms with Gasteiger partial charge in [0.2, 0.25) is 0 Å². The van der Waals surface area contributed by atoms with E-state index in [9.17, 15) is 0 Å². The van der Waals surface area contributed by atoms with Gasteiger partial charge in [-0.25, -0.2) is 5.84 Å². The van der Waals surface area contributed by atoms with Gasteiger partial charge >= 0.3 is 0 Å². The third kappa shape index (κ3) is 2.43. The van der Waals surface area contributed by atoms with Crippen LogP contribution in [0.1, 0.15) is 11.1 Å². The Labute approximate surface area is 122 Å². The topological polar surface area (TPSA) is 62.8 Å². The van der Waals surface area contributed by atoms with Crippen molar-refractivity contribution in [3.05, 3.63) is 64.7 Å². The van der Waals surface area contributed by atoms with E-state index in [0.717, 1.165) is 22.5 Å².